The Morgan fingerprint density at radius 1 is 1.21 bits per heavy atom. The van der Waals surface area contributed by atoms with Gasteiger partial charge in [-0.15, -0.1) is 0 Å². The van der Waals surface area contributed by atoms with Gasteiger partial charge in [-0.2, -0.15) is 0 Å². The third-order valence-electron chi connectivity index (χ3n) is 3.16. The van der Waals surface area contributed by atoms with Gasteiger partial charge in [0.15, 0.2) is 0 Å². The fourth-order valence-corrected chi connectivity index (χ4v) is 2.13. The highest BCUT2D eigenvalue weighted by Crippen LogP contribution is 2.28. The Labute approximate surface area is 118 Å². The van der Waals surface area contributed by atoms with E-state index in [1.807, 2.05) is 13.1 Å². The van der Waals surface area contributed by atoms with Crippen LogP contribution in [0.15, 0.2) is 24.3 Å². The Balaban J connectivity index is 2.75. The summed E-state index contributed by atoms with van der Waals surface area (Å²) in [5.41, 5.74) is 1.69. The van der Waals surface area contributed by atoms with Crippen LogP contribution in [-0.2, 0) is 0 Å². The van der Waals surface area contributed by atoms with Crippen LogP contribution in [0, 0.1) is 5.41 Å². The summed E-state index contributed by atoms with van der Waals surface area (Å²) in [4.78, 5) is 0. The first kappa shape index (κ1) is 16.0. The molecule has 0 saturated heterocycles. The van der Waals surface area contributed by atoms with E-state index >= 15 is 0 Å². The molecule has 0 aliphatic rings. The number of benzene rings is 1. The highest BCUT2D eigenvalue weighted by Gasteiger charge is 2.16. The van der Waals surface area contributed by atoms with Crippen molar-refractivity contribution in [2.24, 2.45) is 5.41 Å². The Morgan fingerprint density at radius 3 is 2.42 bits per heavy atom. The summed E-state index contributed by atoms with van der Waals surface area (Å²) < 4.78 is 5.77. The summed E-state index contributed by atoms with van der Waals surface area (Å²) in [6.45, 7) is 11.0. The Kier molecular flexibility index (Phi) is 5.86. The maximum atomic E-state index is 5.77. The van der Waals surface area contributed by atoms with Gasteiger partial charge < -0.3 is 10.1 Å². The Bertz CT molecular complexity index is 379. The Hall–Kier alpha value is -1.02. The summed E-state index contributed by atoms with van der Waals surface area (Å²) in [5, 5.41) is 3.42. The first-order valence-electron chi connectivity index (χ1n) is 7.26. The van der Waals surface area contributed by atoms with E-state index in [1.54, 1.807) is 0 Å². The molecule has 19 heavy (non-hydrogen) atoms. The highest BCUT2D eigenvalue weighted by atomic mass is 16.5. The van der Waals surface area contributed by atoms with Crippen molar-refractivity contribution in [3.8, 4) is 5.75 Å². The van der Waals surface area contributed by atoms with Crippen molar-refractivity contribution < 1.29 is 4.74 Å². The lowest BCUT2D eigenvalue weighted by Crippen LogP contribution is -2.19. The second-order valence-corrected chi connectivity index (χ2v) is 6.68. The maximum absolute atomic E-state index is 5.77. The van der Waals surface area contributed by atoms with Crippen LogP contribution >= 0.6 is 0 Å². The minimum absolute atomic E-state index is 0.220. The van der Waals surface area contributed by atoms with E-state index < -0.39 is 0 Å². The zero-order valence-electron chi connectivity index (χ0n) is 13.3. The van der Waals surface area contributed by atoms with Gasteiger partial charge in [-0.1, -0.05) is 32.9 Å². The molecule has 0 heterocycles. The summed E-state index contributed by atoms with van der Waals surface area (Å²) >= 11 is 0. The van der Waals surface area contributed by atoms with Crippen LogP contribution in [-0.4, -0.2) is 13.2 Å². The molecule has 1 aromatic rings. The van der Waals surface area contributed by atoms with Gasteiger partial charge in [0.05, 0.1) is 6.10 Å². The van der Waals surface area contributed by atoms with Crippen molar-refractivity contribution in [3.63, 3.8) is 0 Å². The Morgan fingerprint density at radius 2 is 1.89 bits per heavy atom. The van der Waals surface area contributed by atoms with Gasteiger partial charge in [-0.05, 0) is 56.8 Å². The molecule has 2 nitrogen and oxygen atoms in total. The van der Waals surface area contributed by atoms with Crippen LogP contribution in [0.1, 0.15) is 59.1 Å². The van der Waals surface area contributed by atoms with Crippen LogP contribution < -0.4 is 10.1 Å². The van der Waals surface area contributed by atoms with Gasteiger partial charge in [0.25, 0.3) is 0 Å². The zero-order valence-corrected chi connectivity index (χ0v) is 13.3. The highest BCUT2D eigenvalue weighted by molar-refractivity contribution is 5.30. The lowest BCUT2D eigenvalue weighted by atomic mass is 9.87. The first-order valence-corrected chi connectivity index (χ1v) is 7.26. The molecule has 1 rings (SSSR count). The van der Waals surface area contributed by atoms with Crippen molar-refractivity contribution in [1.82, 2.24) is 5.32 Å². The van der Waals surface area contributed by atoms with Crippen molar-refractivity contribution in [2.45, 2.75) is 59.6 Å². The average Bonchev–Trinajstić information content (AvgIpc) is 2.28. The van der Waals surface area contributed by atoms with Crippen LogP contribution in [0.2, 0.25) is 0 Å². The van der Waals surface area contributed by atoms with E-state index in [-0.39, 0.29) is 6.10 Å². The number of hydrogen-bond donors (Lipinski definition) is 1. The molecule has 0 aliphatic carbocycles. The zero-order chi connectivity index (χ0) is 14.5. The molecule has 1 atom stereocenters. The monoisotopic (exact) mass is 263 g/mol. The van der Waals surface area contributed by atoms with Crippen LogP contribution in [0.25, 0.3) is 0 Å². The molecule has 0 amide bonds. The summed E-state index contributed by atoms with van der Waals surface area (Å²) in [5.74, 6) is 0.962. The second-order valence-electron chi connectivity index (χ2n) is 6.68. The van der Waals surface area contributed by atoms with E-state index in [2.05, 4.69) is 58.1 Å². The molecular weight excluding hydrogens is 234 g/mol. The smallest absolute Gasteiger partial charge is 0.120 e. The number of nitrogens with one attached hydrogen (secondary N) is 1. The van der Waals surface area contributed by atoms with Crippen molar-refractivity contribution >= 4 is 0 Å². The molecule has 0 aliphatic heterocycles. The standard InChI is InChI=1S/C17H29NO/c1-13(2)19-15-9-7-8-14(12-15)16(18-6)10-11-17(3,4)5/h7-9,12-13,16,18H,10-11H2,1-6H3. The number of ether oxygens (including phenoxy) is 1. The lowest BCUT2D eigenvalue weighted by Gasteiger charge is -2.23. The quantitative estimate of drug-likeness (QED) is 0.812. The molecule has 0 radical (unpaired) electrons. The van der Waals surface area contributed by atoms with E-state index in [4.69, 9.17) is 4.74 Å². The lowest BCUT2D eigenvalue weighted by molar-refractivity contribution is 0.242. The average molecular weight is 263 g/mol. The SMILES string of the molecule is CNC(CCC(C)(C)C)c1cccc(OC(C)C)c1. The minimum Gasteiger partial charge on any atom is -0.491 e. The van der Waals surface area contributed by atoms with Crippen LogP contribution in [0.5, 0.6) is 5.75 Å². The van der Waals surface area contributed by atoms with Gasteiger partial charge in [0.1, 0.15) is 5.75 Å². The van der Waals surface area contributed by atoms with Gasteiger partial charge in [-0.25, -0.2) is 0 Å². The van der Waals surface area contributed by atoms with E-state index in [0.29, 0.717) is 11.5 Å². The summed E-state index contributed by atoms with van der Waals surface area (Å²) in [6.07, 6.45) is 2.57. The first-order chi connectivity index (χ1) is 8.81. The molecule has 0 spiro atoms. The number of hydrogen-bond acceptors (Lipinski definition) is 2. The van der Waals surface area contributed by atoms with E-state index in [9.17, 15) is 0 Å². The summed E-state index contributed by atoms with van der Waals surface area (Å²) in [7, 11) is 2.03. The number of rotatable bonds is 6. The maximum Gasteiger partial charge on any atom is 0.120 e. The molecule has 2 heteroatoms. The molecule has 1 unspecified atom stereocenters. The fourth-order valence-electron chi connectivity index (χ4n) is 2.13. The third kappa shape index (κ3) is 6.11. The molecule has 1 N–H and O–H groups in total. The van der Waals surface area contributed by atoms with Crippen LogP contribution in [0.3, 0.4) is 0 Å². The predicted molar refractivity (Wildman–Crippen MR) is 82.7 cm³/mol. The van der Waals surface area contributed by atoms with E-state index in [1.165, 1.54) is 12.0 Å². The molecule has 108 valence electrons. The molecule has 0 saturated carbocycles. The predicted octanol–water partition coefficient (Wildman–Crippen LogP) is 4.56. The molecular formula is C17H29NO. The molecule has 1 aromatic carbocycles. The van der Waals surface area contributed by atoms with E-state index in [0.717, 1.165) is 12.2 Å². The van der Waals surface area contributed by atoms with Crippen molar-refractivity contribution in [3.05, 3.63) is 29.8 Å². The van der Waals surface area contributed by atoms with Gasteiger partial charge in [0.2, 0.25) is 0 Å². The second kappa shape index (κ2) is 6.95. The topological polar surface area (TPSA) is 21.3 Å². The molecule has 0 fully saturated rings. The molecule has 0 aromatic heterocycles. The summed E-state index contributed by atoms with van der Waals surface area (Å²) in [6, 6.07) is 8.84. The van der Waals surface area contributed by atoms with Crippen molar-refractivity contribution in [1.29, 1.82) is 0 Å². The third-order valence-corrected chi connectivity index (χ3v) is 3.16. The van der Waals surface area contributed by atoms with Gasteiger partial charge in [-0.3, -0.25) is 0 Å². The largest absolute Gasteiger partial charge is 0.491 e. The van der Waals surface area contributed by atoms with Gasteiger partial charge >= 0.3 is 0 Å². The minimum atomic E-state index is 0.220. The normalized spacial score (nSPS) is 13.6. The van der Waals surface area contributed by atoms with Crippen molar-refractivity contribution in [2.75, 3.05) is 7.05 Å². The van der Waals surface area contributed by atoms with Gasteiger partial charge in [0, 0.05) is 6.04 Å². The fraction of sp³-hybridized carbons (Fsp3) is 0.647. The molecule has 0 bridgehead atoms. The van der Waals surface area contributed by atoms with Crippen LogP contribution in [0.4, 0.5) is 0 Å².